The number of urea groups is 1. The van der Waals surface area contributed by atoms with Crippen LogP contribution in [0.25, 0.3) is 0 Å². The third-order valence-electron chi connectivity index (χ3n) is 3.18. The normalized spacial score (nSPS) is 22.8. The Morgan fingerprint density at radius 1 is 1.30 bits per heavy atom. The van der Waals surface area contributed by atoms with E-state index in [1.807, 2.05) is 27.7 Å². The molecule has 116 valence electrons. The molecule has 1 heterocycles. The third-order valence-corrected chi connectivity index (χ3v) is 3.18. The highest BCUT2D eigenvalue weighted by atomic mass is 16.5. The molecular formula is C14H27N3O3. The molecule has 2 atom stereocenters. The zero-order valence-electron chi connectivity index (χ0n) is 12.9. The van der Waals surface area contributed by atoms with E-state index in [1.165, 1.54) is 0 Å². The minimum absolute atomic E-state index is 0.0219. The Kier molecular flexibility index (Phi) is 6.78. The van der Waals surface area contributed by atoms with Gasteiger partial charge in [0, 0.05) is 19.6 Å². The molecule has 0 saturated carbocycles. The summed E-state index contributed by atoms with van der Waals surface area (Å²) in [6, 6.07) is -0.196. The lowest BCUT2D eigenvalue weighted by Crippen LogP contribution is -2.53. The Bertz CT molecular complexity index is 334. The predicted molar refractivity (Wildman–Crippen MR) is 77.4 cm³/mol. The van der Waals surface area contributed by atoms with Crippen molar-refractivity contribution in [3.8, 4) is 0 Å². The quantitative estimate of drug-likeness (QED) is 0.790. The van der Waals surface area contributed by atoms with Gasteiger partial charge in [0.2, 0.25) is 5.91 Å². The number of carbonyl (C=O) groups is 2. The molecule has 0 radical (unpaired) electrons. The number of rotatable bonds is 5. The molecule has 0 aliphatic carbocycles. The zero-order valence-corrected chi connectivity index (χ0v) is 12.9. The van der Waals surface area contributed by atoms with Gasteiger partial charge in [0.15, 0.2) is 0 Å². The minimum Gasteiger partial charge on any atom is -0.372 e. The predicted octanol–water partition coefficient (Wildman–Crippen LogP) is 0.968. The van der Waals surface area contributed by atoms with E-state index in [4.69, 9.17) is 4.74 Å². The van der Waals surface area contributed by atoms with E-state index < -0.39 is 0 Å². The first kappa shape index (κ1) is 16.8. The van der Waals surface area contributed by atoms with Gasteiger partial charge in [-0.15, -0.1) is 0 Å². The van der Waals surface area contributed by atoms with Crippen LogP contribution in [0.15, 0.2) is 0 Å². The van der Waals surface area contributed by atoms with Crippen molar-refractivity contribution in [3.63, 3.8) is 0 Å². The molecule has 0 aromatic carbocycles. The van der Waals surface area contributed by atoms with E-state index in [9.17, 15) is 9.59 Å². The molecule has 2 unspecified atom stereocenters. The van der Waals surface area contributed by atoms with E-state index in [-0.39, 0.29) is 30.7 Å². The fourth-order valence-corrected chi connectivity index (χ4v) is 2.08. The number of morpholine rings is 1. The molecule has 1 aliphatic heterocycles. The average molecular weight is 285 g/mol. The third kappa shape index (κ3) is 5.77. The molecule has 2 N–H and O–H groups in total. The zero-order chi connectivity index (χ0) is 15.1. The van der Waals surface area contributed by atoms with E-state index in [2.05, 4.69) is 10.6 Å². The molecule has 3 amide bonds. The van der Waals surface area contributed by atoms with Gasteiger partial charge in [-0.05, 0) is 19.3 Å². The van der Waals surface area contributed by atoms with Crippen molar-refractivity contribution < 1.29 is 14.3 Å². The summed E-state index contributed by atoms with van der Waals surface area (Å²) in [6.07, 6.45) is 0.997. The SMILES string of the molecule is CCC1CN(C(=O)NCC(=O)NCC(C)C)CC(C)O1. The van der Waals surface area contributed by atoms with Gasteiger partial charge in [0.1, 0.15) is 0 Å². The summed E-state index contributed by atoms with van der Waals surface area (Å²) in [6.45, 7) is 9.85. The highest BCUT2D eigenvalue weighted by molar-refractivity contribution is 5.83. The van der Waals surface area contributed by atoms with Crippen molar-refractivity contribution in [1.82, 2.24) is 15.5 Å². The van der Waals surface area contributed by atoms with Gasteiger partial charge < -0.3 is 20.3 Å². The lowest BCUT2D eigenvalue weighted by Gasteiger charge is -2.36. The Hall–Kier alpha value is -1.30. The number of ether oxygens (including phenoxy) is 1. The fourth-order valence-electron chi connectivity index (χ4n) is 2.08. The molecule has 1 rings (SSSR count). The summed E-state index contributed by atoms with van der Waals surface area (Å²) in [5, 5.41) is 5.43. The van der Waals surface area contributed by atoms with Crippen LogP contribution in [0.4, 0.5) is 4.79 Å². The second-order valence-electron chi connectivity index (χ2n) is 5.74. The van der Waals surface area contributed by atoms with Crippen molar-refractivity contribution >= 4 is 11.9 Å². The Balaban J connectivity index is 2.33. The van der Waals surface area contributed by atoms with Gasteiger partial charge in [-0.1, -0.05) is 20.8 Å². The maximum atomic E-state index is 12.0. The van der Waals surface area contributed by atoms with Crippen LogP contribution in [0, 0.1) is 5.92 Å². The van der Waals surface area contributed by atoms with Crippen LogP contribution < -0.4 is 10.6 Å². The largest absolute Gasteiger partial charge is 0.372 e. The first-order valence-electron chi connectivity index (χ1n) is 7.37. The van der Waals surface area contributed by atoms with Crippen LogP contribution in [-0.4, -0.2) is 55.2 Å². The molecule has 20 heavy (non-hydrogen) atoms. The van der Waals surface area contributed by atoms with Gasteiger partial charge >= 0.3 is 6.03 Å². The van der Waals surface area contributed by atoms with Crippen molar-refractivity contribution in [2.45, 2.75) is 46.3 Å². The first-order chi connectivity index (χ1) is 9.42. The van der Waals surface area contributed by atoms with Crippen LogP contribution in [0.2, 0.25) is 0 Å². The summed E-state index contributed by atoms with van der Waals surface area (Å²) in [5.74, 6) is 0.250. The number of hydrogen-bond donors (Lipinski definition) is 2. The molecule has 0 spiro atoms. The number of nitrogens with zero attached hydrogens (tertiary/aromatic N) is 1. The van der Waals surface area contributed by atoms with E-state index in [0.29, 0.717) is 25.6 Å². The average Bonchev–Trinajstić information content (AvgIpc) is 2.41. The standard InChI is InChI=1S/C14H27N3O3/c1-5-12-9-17(8-11(4)20-12)14(19)16-7-13(18)15-6-10(2)3/h10-12H,5-9H2,1-4H3,(H,15,18)(H,16,19). The fraction of sp³-hybridized carbons (Fsp3) is 0.857. The Morgan fingerprint density at radius 2 is 2.00 bits per heavy atom. The smallest absolute Gasteiger partial charge is 0.318 e. The van der Waals surface area contributed by atoms with E-state index in [0.717, 1.165) is 6.42 Å². The second kappa shape index (κ2) is 8.09. The molecule has 1 aliphatic rings. The van der Waals surface area contributed by atoms with Crippen molar-refractivity contribution in [1.29, 1.82) is 0 Å². The lowest BCUT2D eigenvalue weighted by molar-refractivity contribution is -0.120. The maximum absolute atomic E-state index is 12.0. The first-order valence-corrected chi connectivity index (χ1v) is 7.37. The highest BCUT2D eigenvalue weighted by Crippen LogP contribution is 2.13. The molecule has 0 aromatic heterocycles. The number of hydrogen-bond acceptors (Lipinski definition) is 3. The monoisotopic (exact) mass is 285 g/mol. The Morgan fingerprint density at radius 3 is 2.60 bits per heavy atom. The van der Waals surface area contributed by atoms with Crippen molar-refractivity contribution in [3.05, 3.63) is 0 Å². The summed E-state index contributed by atoms with van der Waals surface area (Å²) < 4.78 is 5.71. The highest BCUT2D eigenvalue weighted by Gasteiger charge is 2.27. The minimum atomic E-state index is -0.196. The summed E-state index contributed by atoms with van der Waals surface area (Å²) in [5.41, 5.74) is 0. The van der Waals surface area contributed by atoms with Crippen LogP contribution in [0.1, 0.15) is 34.1 Å². The molecule has 1 saturated heterocycles. The van der Waals surface area contributed by atoms with Gasteiger partial charge in [-0.25, -0.2) is 4.79 Å². The van der Waals surface area contributed by atoms with Gasteiger partial charge in [-0.2, -0.15) is 0 Å². The Labute approximate surface area is 121 Å². The van der Waals surface area contributed by atoms with Crippen LogP contribution >= 0.6 is 0 Å². The molecule has 6 nitrogen and oxygen atoms in total. The summed E-state index contributed by atoms with van der Waals surface area (Å²) >= 11 is 0. The molecule has 1 fully saturated rings. The second-order valence-corrected chi connectivity index (χ2v) is 5.74. The van der Waals surface area contributed by atoms with Crippen LogP contribution in [0.5, 0.6) is 0 Å². The van der Waals surface area contributed by atoms with E-state index in [1.54, 1.807) is 4.90 Å². The lowest BCUT2D eigenvalue weighted by atomic mass is 10.2. The van der Waals surface area contributed by atoms with E-state index >= 15 is 0 Å². The molecule has 0 aromatic rings. The van der Waals surface area contributed by atoms with Crippen LogP contribution in [0.3, 0.4) is 0 Å². The van der Waals surface area contributed by atoms with Gasteiger partial charge in [0.05, 0.1) is 18.8 Å². The maximum Gasteiger partial charge on any atom is 0.318 e. The number of amides is 3. The molecule has 6 heteroatoms. The summed E-state index contributed by atoms with van der Waals surface area (Å²) in [7, 11) is 0. The van der Waals surface area contributed by atoms with Crippen LogP contribution in [-0.2, 0) is 9.53 Å². The van der Waals surface area contributed by atoms with Crippen molar-refractivity contribution in [2.75, 3.05) is 26.2 Å². The number of nitrogens with one attached hydrogen (secondary N) is 2. The van der Waals surface area contributed by atoms with Gasteiger partial charge in [0.25, 0.3) is 0 Å². The molecule has 0 bridgehead atoms. The van der Waals surface area contributed by atoms with Crippen molar-refractivity contribution in [2.24, 2.45) is 5.92 Å². The topological polar surface area (TPSA) is 70.7 Å². The van der Waals surface area contributed by atoms with Gasteiger partial charge in [-0.3, -0.25) is 4.79 Å². The molecular weight excluding hydrogens is 258 g/mol. The summed E-state index contributed by atoms with van der Waals surface area (Å²) in [4.78, 5) is 25.3. The number of carbonyl (C=O) groups excluding carboxylic acids is 2.